The zero-order valence-electron chi connectivity index (χ0n) is 20.2. The molecule has 134 valence electrons. The molecule has 0 rings (SSSR count). The van der Waals surface area contributed by atoms with Gasteiger partial charge < -0.3 is 10.2 Å². The second-order valence-corrected chi connectivity index (χ2v) is 6.59. The molecule has 0 saturated heterocycles. The van der Waals surface area contributed by atoms with Gasteiger partial charge in [-0.2, -0.15) is 0 Å². The number of allylic oxidation sites excluding steroid dienone is 2. The van der Waals surface area contributed by atoms with Gasteiger partial charge in [0.05, 0.1) is 10.8 Å². The topological polar surface area (TPSA) is 74.6 Å². The number of rotatable bonds is 13. The summed E-state index contributed by atoms with van der Waals surface area (Å²) in [6.07, 6.45) is 8.97. The molecule has 0 radical (unpaired) electrons. The average molecular weight is 333 g/mol. The molecule has 0 aromatic rings. The Bertz CT molecular complexity index is 570. The standard InChI is InChI=1S/C19H34O4/c1-18(2,16(20)21)14-12-10-8-6-5-7-9-11-13-15-19(3,4)17(22)23/h5-6H,7-15H2,1-4H3,(H,20,21)(H,22,23)/b6-5+/i1D3,3D3. The Kier molecular flexibility index (Phi) is 5.92. The van der Waals surface area contributed by atoms with Crippen molar-refractivity contribution < 1.29 is 28.0 Å². The molecule has 0 saturated carbocycles. The van der Waals surface area contributed by atoms with E-state index in [1.165, 1.54) is 13.8 Å². The van der Waals surface area contributed by atoms with E-state index in [4.69, 9.17) is 8.22 Å². The van der Waals surface area contributed by atoms with Crippen LogP contribution in [0.2, 0.25) is 0 Å². The summed E-state index contributed by atoms with van der Waals surface area (Å²) in [5.74, 6) is -2.60. The van der Waals surface area contributed by atoms with Gasteiger partial charge in [-0.05, 0) is 66.1 Å². The van der Waals surface area contributed by atoms with Crippen LogP contribution in [0.25, 0.3) is 0 Å². The van der Waals surface area contributed by atoms with Crippen molar-refractivity contribution in [2.24, 2.45) is 10.8 Å². The molecule has 4 nitrogen and oxygen atoms in total. The number of carboxylic acids is 2. The first-order chi connectivity index (χ1) is 13.1. The highest BCUT2D eigenvalue weighted by atomic mass is 16.4. The molecule has 23 heavy (non-hydrogen) atoms. The van der Waals surface area contributed by atoms with Gasteiger partial charge in [-0.3, -0.25) is 9.59 Å². The fourth-order valence-corrected chi connectivity index (χ4v) is 2.11. The van der Waals surface area contributed by atoms with Crippen LogP contribution in [0.4, 0.5) is 0 Å². The van der Waals surface area contributed by atoms with Crippen molar-refractivity contribution in [3.63, 3.8) is 0 Å². The summed E-state index contributed by atoms with van der Waals surface area (Å²) in [5.41, 5.74) is -3.45. The number of hydrogen-bond acceptors (Lipinski definition) is 2. The van der Waals surface area contributed by atoms with E-state index in [-0.39, 0.29) is 12.8 Å². The molecular weight excluding hydrogens is 292 g/mol. The zero-order valence-corrected chi connectivity index (χ0v) is 14.2. The summed E-state index contributed by atoms with van der Waals surface area (Å²) < 4.78 is 44.5. The van der Waals surface area contributed by atoms with Crippen LogP contribution < -0.4 is 0 Å². The van der Waals surface area contributed by atoms with Crippen LogP contribution in [0.3, 0.4) is 0 Å². The minimum atomic E-state index is -2.54. The van der Waals surface area contributed by atoms with Crippen LogP contribution in [0.1, 0.15) is 93.6 Å². The third kappa shape index (κ3) is 10.1. The second kappa shape index (κ2) is 10.5. The summed E-state index contributed by atoms with van der Waals surface area (Å²) in [6.45, 7) is -2.54. The van der Waals surface area contributed by atoms with Crippen molar-refractivity contribution in [3.8, 4) is 0 Å². The summed E-state index contributed by atoms with van der Waals surface area (Å²) in [4.78, 5) is 22.6. The average Bonchev–Trinajstić information content (AvgIpc) is 2.56. The normalized spacial score (nSPS) is 21.8. The Labute approximate surface area is 149 Å². The molecule has 2 unspecified atom stereocenters. The summed E-state index contributed by atoms with van der Waals surface area (Å²) >= 11 is 0. The van der Waals surface area contributed by atoms with E-state index in [0.29, 0.717) is 19.3 Å². The summed E-state index contributed by atoms with van der Waals surface area (Å²) in [7, 11) is 0. The quantitative estimate of drug-likeness (QED) is 0.355. The summed E-state index contributed by atoms with van der Waals surface area (Å²) in [5, 5.41) is 18.4. The van der Waals surface area contributed by atoms with Crippen molar-refractivity contribution in [2.45, 2.75) is 85.3 Å². The van der Waals surface area contributed by atoms with Crippen LogP contribution in [0.15, 0.2) is 12.2 Å². The predicted octanol–water partition coefficient (Wildman–Crippen LogP) is 5.28. The van der Waals surface area contributed by atoms with Crippen molar-refractivity contribution in [1.29, 1.82) is 0 Å². The maximum absolute atomic E-state index is 11.3. The SMILES string of the molecule is [2H]C([2H])([2H])C(C)(CCCC/C=C/CCCCCC(C)(C(=O)O)C([2H])([2H])[2H])C(=O)O. The molecule has 2 atom stereocenters. The summed E-state index contributed by atoms with van der Waals surface area (Å²) in [6, 6.07) is 0. The van der Waals surface area contributed by atoms with E-state index >= 15 is 0 Å². The maximum Gasteiger partial charge on any atom is 0.309 e. The molecule has 0 aliphatic carbocycles. The van der Waals surface area contributed by atoms with Gasteiger partial charge in [-0.15, -0.1) is 0 Å². The predicted molar refractivity (Wildman–Crippen MR) is 93.5 cm³/mol. The fourth-order valence-electron chi connectivity index (χ4n) is 2.11. The monoisotopic (exact) mass is 332 g/mol. The fraction of sp³-hybridized carbons (Fsp3) is 0.789. The van der Waals surface area contributed by atoms with E-state index in [0.717, 1.165) is 25.7 Å². The molecular formula is C19H34O4. The first-order valence-electron chi connectivity index (χ1n) is 11.2. The molecule has 4 heteroatoms. The molecule has 0 aliphatic rings. The maximum atomic E-state index is 11.3. The lowest BCUT2D eigenvalue weighted by atomic mass is 9.87. The van der Waals surface area contributed by atoms with E-state index in [9.17, 15) is 19.8 Å². The minimum Gasteiger partial charge on any atom is -0.481 e. The number of carbonyl (C=O) groups is 2. The second-order valence-electron chi connectivity index (χ2n) is 6.59. The zero-order chi connectivity index (χ0) is 22.9. The van der Waals surface area contributed by atoms with Crippen molar-refractivity contribution in [1.82, 2.24) is 0 Å². The molecule has 2 N–H and O–H groups in total. The molecule has 0 aromatic heterocycles. The Morgan fingerprint density at radius 2 is 1.22 bits per heavy atom. The minimum absolute atomic E-state index is 0.0957. The van der Waals surface area contributed by atoms with E-state index in [1.807, 2.05) is 12.2 Å². The molecule has 0 spiro atoms. The van der Waals surface area contributed by atoms with Gasteiger partial charge in [-0.1, -0.05) is 31.4 Å². The Balaban J connectivity index is 4.08. The van der Waals surface area contributed by atoms with Crippen LogP contribution in [-0.4, -0.2) is 22.2 Å². The highest BCUT2D eigenvalue weighted by Crippen LogP contribution is 2.24. The lowest BCUT2D eigenvalue weighted by Gasteiger charge is -2.18. The molecule has 0 fully saturated rings. The van der Waals surface area contributed by atoms with Crippen molar-refractivity contribution in [2.75, 3.05) is 0 Å². The Morgan fingerprint density at radius 1 is 0.826 bits per heavy atom. The molecule has 0 bridgehead atoms. The number of unbranched alkanes of at least 4 members (excludes halogenated alkanes) is 5. The highest BCUT2D eigenvalue weighted by molar-refractivity contribution is 5.73. The van der Waals surface area contributed by atoms with Gasteiger partial charge in [0.25, 0.3) is 0 Å². The van der Waals surface area contributed by atoms with Crippen molar-refractivity contribution in [3.05, 3.63) is 12.2 Å². The largest absolute Gasteiger partial charge is 0.481 e. The molecule has 0 aromatic carbocycles. The van der Waals surface area contributed by atoms with Gasteiger partial charge in [0.1, 0.15) is 0 Å². The third-order valence-corrected chi connectivity index (χ3v) is 3.96. The van der Waals surface area contributed by atoms with E-state index < -0.39 is 36.5 Å². The molecule has 0 heterocycles. The van der Waals surface area contributed by atoms with Gasteiger partial charge >= 0.3 is 11.9 Å². The molecule has 0 aliphatic heterocycles. The van der Waals surface area contributed by atoms with E-state index in [1.54, 1.807) is 0 Å². The van der Waals surface area contributed by atoms with Crippen molar-refractivity contribution >= 4 is 11.9 Å². The first kappa shape index (κ1) is 13.0. The van der Waals surface area contributed by atoms with Gasteiger partial charge in [0.15, 0.2) is 0 Å². The van der Waals surface area contributed by atoms with Crippen LogP contribution in [0.5, 0.6) is 0 Å². The lowest BCUT2D eigenvalue weighted by Crippen LogP contribution is -2.23. The van der Waals surface area contributed by atoms with Gasteiger partial charge in [0, 0.05) is 8.22 Å². The number of hydrogen-bond donors (Lipinski definition) is 2. The highest BCUT2D eigenvalue weighted by Gasteiger charge is 2.26. The van der Waals surface area contributed by atoms with Crippen LogP contribution in [-0.2, 0) is 9.59 Å². The van der Waals surface area contributed by atoms with E-state index in [2.05, 4.69) is 0 Å². The van der Waals surface area contributed by atoms with Crippen LogP contribution in [0, 0.1) is 10.8 Å². The first-order valence-corrected chi connectivity index (χ1v) is 8.21. The molecule has 0 amide bonds. The smallest absolute Gasteiger partial charge is 0.309 e. The third-order valence-electron chi connectivity index (χ3n) is 3.96. The Hall–Kier alpha value is -1.32. The van der Waals surface area contributed by atoms with Gasteiger partial charge in [-0.25, -0.2) is 0 Å². The van der Waals surface area contributed by atoms with Crippen LogP contribution >= 0.6 is 0 Å². The Morgan fingerprint density at radius 3 is 1.61 bits per heavy atom. The van der Waals surface area contributed by atoms with Gasteiger partial charge in [0.2, 0.25) is 0 Å². The number of carboxylic acid groups (broad SMARTS) is 2. The lowest BCUT2D eigenvalue weighted by molar-refractivity contribution is -0.148. The number of aliphatic carboxylic acids is 2.